The third-order valence-corrected chi connectivity index (χ3v) is 3.82. The minimum Gasteiger partial charge on any atom is -0.384 e. The first-order chi connectivity index (χ1) is 9.15. The molecule has 1 unspecified atom stereocenters. The summed E-state index contributed by atoms with van der Waals surface area (Å²) in [5, 5.41) is 17.5. The molecule has 3 rings (SSSR count). The first kappa shape index (κ1) is 12.2. The molecule has 5 heteroatoms. The summed E-state index contributed by atoms with van der Waals surface area (Å²) in [7, 11) is 0. The van der Waals surface area contributed by atoms with Crippen LogP contribution in [0.4, 0.5) is 5.95 Å². The summed E-state index contributed by atoms with van der Waals surface area (Å²) in [6.07, 6.45) is 0. The van der Waals surface area contributed by atoms with Crippen molar-refractivity contribution in [1.29, 1.82) is 0 Å². The topological polar surface area (TPSA) is 60.9 Å². The minimum absolute atomic E-state index is 0.406. The van der Waals surface area contributed by atoms with Crippen LogP contribution >= 0.6 is 11.3 Å². The van der Waals surface area contributed by atoms with E-state index in [1.54, 1.807) is 18.3 Å². The van der Waals surface area contributed by atoms with E-state index in [1.165, 1.54) is 0 Å². The lowest BCUT2D eigenvalue weighted by Crippen LogP contribution is -2.30. The number of para-hydroxylation sites is 2. The van der Waals surface area contributed by atoms with E-state index in [0.29, 0.717) is 12.5 Å². The summed E-state index contributed by atoms with van der Waals surface area (Å²) >= 11 is 1.58. The Labute approximate surface area is 115 Å². The summed E-state index contributed by atoms with van der Waals surface area (Å²) in [6.45, 7) is 2.20. The number of hydrogen-bond acceptors (Lipinski definition) is 4. The highest BCUT2D eigenvalue weighted by molar-refractivity contribution is 7.08. The number of aromatic amines is 1. The van der Waals surface area contributed by atoms with Crippen LogP contribution in [-0.4, -0.2) is 21.6 Å². The van der Waals surface area contributed by atoms with Crippen LogP contribution in [0.1, 0.15) is 12.5 Å². The van der Waals surface area contributed by atoms with Gasteiger partial charge in [-0.05, 0) is 41.4 Å². The number of anilines is 1. The van der Waals surface area contributed by atoms with E-state index in [2.05, 4.69) is 15.3 Å². The maximum Gasteiger partial charge on any atom is 0.201 e. The van der Waals surface area contributed by atoms with Crippen molar-refractivity contribution in [1.82, 2.24) is 9.97 Å². The molecule has 0 spiro atoms. The highest BCUT2D eigenvalue weighted by Crippen LogP contribution is 2.23. The lowest BCUT2D eigenvalue weighted by atomic mass is 9.99. The van der Waals surface area contributed by atoms with Crippen molar-refractivity contribution in [3.8, 4) is 0 Å². The molecule has 0 amide bonds. The third kappa shape index (κ3) is 2.47. The van der Waals surface area contributed by atoms with Gasteiger partial charge >= 0.3 is 0 Å². The van der Waals surface area contributed by atoms with Crippen LogP contribution in [0.5, 0.6) is 0 Å². The normalized spacial score (nSPS) is 14.4. The predicted molar refractivity (Wildman–Crippen MR) is 78.5 cm³/mol. The molecule has 2 heterocycles. The molecule has 0 saturated carbocycles. The van der Waals surface area contributed by atoms with Gasteiger partial charge in [0.15, 0.2) is 0 Å². The van der Waals surface area contributed by atoms with Crippen molar-refractivity contribution in [2.24, 2.45) is 0 Å². The van der Waals surface area contributed by atoms with Gasteiger partial charge in [0.2, 0.25) is 5.95 Å². The molecule has 0 radical (unpaired) electrons. The Morgan fingerprint density at radius 3 is 2.95 bits per heavy atom. The van der Waals surface area contributed by atoms with Crippen LogP contribution in [-0.2, 0) is 5.60 Å². The van der Waals surface area contributed by atoms with Gasteiger partial charge in [0.25, 0.3) is 0 Å². The van der Waals surface area contributed by atoms with Crippen molar-refractivity contribution in [3.05, 3.63) is 46.7 Å². The molecule has 0 aliphatic rings. The van der Waals surface area contributed by atoms with Crippen molar-refractivity contribution >= 4 is 28.3 Å². The molecular formula is C14H15N3OS. The number of imidazole rings is 1. The van der Waals surface area contributed by atoms with E-state index in [9.17, 15) is 5.11 Å². The van der Waals surface area contributed by atoms with Gasteiger partial charge in [-0.3, -0.25) is 0 Å². The van der Waals surface area contributed by atoms with Crippen molar-refractivity contribution in [2.75, 3.05) is 11.9 Å². The number of benzene rings is 1. The van der Waals surface area contributed by atoms with Crippen molar-refractivity contribution < 1.29 is 5.11 Å². The lowest BCUT2D eigenvalue weighted by molar-refractivity contribution is 0.0718. The largest absolute Gasteiger partial charge is 0.384 e. The van der Waals surface area contributed by atoms with Gasteiger partial charge in [-0.1, -0.05) is 12.1 Å². The molecule has 98 valence electrons. The van der Waals surface area contributed by atoms with Crippen LogP contribution in [0.15, 0.2) is 41.1 Å². The molecule has 3 N–H and O–H groups in total. The highest BCUT2D eigenvalue weighted by Gasteiger charge is 2.23. The van der Waals surface area contributed by atoms with Gasteiger partial charge < -0.3 is 15.4 Å². The number of thiophene rings is 1. The number of nitrogens with zero attached hydrogens (tertiary/aromatic N) is 1. The second-order valence-electron chi connectivity index (χ2n) is 4.74. The fourth-order valence-corrected chi connectivity index (χ4v) is 2.75. The van der Waals surface area contributed by atoms with Crippen LogP contribution < -0.4 is 5.32 Å². The Morgan fingerprint density at radius 2 is 2.21 bits per heavy atom. The number of hydrogen-bond donors (Lipinski definition) is 3. The van der Waals surface area contributed by atoms with Crippen molar-refractivity contribution in [2.45, 2.75) is 12.5 Å². The number of aliphatic hydroxyl groups is 1. The fraction of sp³-hybridized carbons (Fsp3) is 0.214. The standard InChI is InChI=1S/C14H15N3OS/c1-14(18,10-6-7-19-8-10)9-15-13-16-11-4-2-3-5-12(11)17-13/h2-8,18H,9H2,1H3,(H2,15,16,17). The number of nitrogens with one attached hydrogen (secondary N) is 2. The van der Waals surface area contributed by atoms with Gasteiger partial charge in [0.05, 0.1) is 17.6 Å². The lowest BCUT2D eigenvalue weighted by Gasteiger charge is -2.22. The molecule has 0 aliphatic heterocycles. The van der Waals surface area contributed by atoms with E-state index < -0.39 is 5.60 Å². The summed E-state index contributed by atoms with van der Waals surface area (Å²) in [5.41, 5.74) is 1.92. The highest BCUT2D eigenvalue weighted by atomic mass is 32.1. The van der Waals surface area contributed by atoms with Crippen LogP contribution in [0.2, 0.25) is 0 Å². The minimum atomic E-state index is -0.904. The average molecular weight is 273 g/mol. The maximum absolute atomic E-state index is 10.4. The van der Waals surface area contributed by atoms with Crippen LogP contribution in [0.3, 0.4) is 0 Å². The van der Waals surface area contributed by atoms with Gasteiger partial charge in [0, 0.05) is 0 Å². The number of fused-ring (bicyclic) bond motifs is 1. The fourth-order valence-electron chi connectivity index (χ4n) is 1.97. The number of aromatic nitrogens is 2. The first-order valence-corrected chi connectivity index (χ1v) is 7.03. The molecule has 2 aromatic heterocycles. The number of rotatable bonds is 4. The third-order valence-electron chi connectivity index (χ3n) is 3.13. The molecule has 0 fully saturated rings. The molecule has 3 aromatic rings. The van der Waals surface area contributed by atoms with E-state index in [0.717, 1.165) is 16.6 Å². The van der Waals surface area contributed by atoms with E-state index in [4.69, 9.17) is 0 Å². The maximum atomic E-state index is 10.4. The summed E-state index contributed by atoms with van der Waals surface area (Å²) in [5.74, 6) is 0.678. The van der Waals surface area contributed by atoms with Gasteiger partial charge in [-0.15, -0.1) is 0 Å². The van der Waals surface area contributed by atoms with E-state index >= 15 is 0 Å². The summed E-state index contributed by atoms with van der Waals surface area (Å²) < 4.78 is 0. The Balaban J connectivity index is 1.75. The zero-order chi connectivity index (χ0) is 13.3. The molecule has 1 atom stereocenters. The molecular weight excluding hydrogens is 258 g/mol. The van der Waals surface area contributed by atoms with Crippen molar-refractivity contribution in [3.63, 3.8) is 0 Å². The van der Waals surface area contributed by atoms with Crippen LogP contribution in [0, 0.1) is 0 Å². The smallest absolute Gasteiger partial charge is 0.201 e. The average Bonchev–Trinajstić information content (AvgIpc) is 3.05. The van der Waals surface area contributed by atoms with Gasteiger partial charge in [-0.2, -0.15) is 11.3 Å². The van der Waals surface area contributed by atoms with Gasteiger partial charge in [0.1, 0.15) is 5.60 Å². The summed E-state index contributed by atoms with van der Waals surface area (Å²) in [6, 6.07) is 9.78. The molecule has 0 saturated heterocycles. The van der Waals surface area contributed by atoms with Crippen LogP contribution in [0.25, 0.3) is 11.0 Å². The zero-order valence-corrected chi connectivity index (χ0v) is 11.4. The molecule has 0 aliphatic carbocycles. The quantitative estimate of drug-likeness (QED) is 0.685. The Morgan fingerprint density at radius 1 is 1.37 bits per heavy atom. The Kier molecular flexibility index (Phi) is 3.00. The second kappa shape index (κ2) is 4.68. The zero-order valence-electron chi connectivity index (χ0n) is 10.6. The molecule has 0 bridgehead atoms. The predicted octanol–water partition coefficient (Wildman–Crippen LogP) is 2.94. The Bertz CT molecular complexity index is 640. The Hall–Kier alpha value is -1.85. The monoisotopic (exact) mass is 273 g/mol. The SMILES string of the molecule is CC(O)(CNc1nc2ccccc2[nH]1)c1ccsc1. The van der Waals surface area contributed by atoms with E-state index in [-0.39, 0.29) is 0 Å². The molecule has 1 aromatic carbocycles. The van der Waals surface area contributed by atoms with E-state index in [1.807, 2.05) is 41.1 Å². The summed E-state index contributed by atoms with van der Waals surface area (Å²) in [4.78, 5) is 7.60. The molecule has 4 nitrogen and oxygen atoms in total. The second-order valence-corrected chi connectivity index (χ2v) is 5.52. The molecule has 19 heavy (non-hydrogen) atoms. The number of H-pyrrole nitrogens is 1. The van der Waals surface area contributed by atoms with Gasteiger partial charge in [-0.25, -0.2) is 4.98 Å². The first-order valence-electron chi connectivity index (χ1n) is 6.09.